The number of methoxy groups -OCH3 is 1. The summed E-state index contributed by atoms with van der Waals surface area (Å²) in [5, 5.41) is 5.96. The molecule has 1 rings (SSSR count). The van der Waals surface area contributed by atoms with Crippen molar-refractivity contribution in [3.63, 3.8) is 0 Å². The van der Waals surface area contributed by atoms with Crippen molar-refractivity contribution in [1.29, 1.82) is 0 Å². The molecule has 7 nitrogen and oxygen atoms in total. The molecule has 1 saturated heterocycles. The van der Waals surface area contributed by atoms with Crippen LogP contribution in [0.5, 0.6) is 0 Å². The number of amides is 1. The van der Waals surface area contributed by atoms with Gasteiger partial charge in [-0.05, 0) is 25.7 Å². The third-order valence-corrected chi connectivity index (χ3v) is 4.12. The van der Waals surface area contributed by atoms with Gasteiger partial charge in [0.05, 0.1) is 19.6 Å². The molecule has 1 aliphatic rings. The Morgan fingerprint density at radius 2 is 1.96 bits per heavy atom. The monoisotopic (exact) mass is 454 g/mol. The van der Waals surface area contributed by atoms with Gasteiger partial charge in [0.2, 0.25) is 5.91 Å². The Labute approximate surface area is 162 Å². The summed E-state index contributed by atoms with van der Waals surface area (Å²) < 4.78 is 4.73. The first-order valence-electron chi connectivity index (χ1n) is 8.33. The van der Waals surface area contributed by atoms with Crippen molar-refractivity contribution in [3.8, 4) is 0 Å². The van der Waals surface area contributed by atoms with E-state index >= 15 is 0 Å². The van der Waals surface area contributed by atoms with Gasteiger partial charge in [-0.1, -0.05) is 6.92 Å². The maximum atomic E-state index is 11.5. The zero-order chi connectivity index (χ0) is 17.2. The second-order valence-corrected chi connectivity index (χ2v) is 5.93. The van der Waals surface area contributed by atoms with Gasteiger partial charge in [0, 0.05) is 33.1 Å². The Bertz CT molecular complexity index is 424. The van der Waals surface area contributed by atoms with E-state index in [9.17, 15) is 9.59 Å². The number of nitrogens with one attached hydrogen (secondary N) is 2. The number of carbonyl (C=O) groups excluding carboxylic acids is 2. The van der Waals surface area contributed by atoms with Crippen molar-refractivity contribution in [3.05, 3.63) is 0 Å². The smallest absolute Gasteiger partial charge is 0.310 e. The lowest BCUT2D eigenvalue weighted by molar-refractivity contribution is -0.144. The number of piperidine rings is 1. The van der Waals surface area contributed by atoms with Crippen molar-refractivity contribution in [2.24, 2.45) is 16.8 Å². The minimum Gasteiger partial charge on any atom is -0.469 e. The molecule has 0 saturated carbocycles. The average molecular weight is 454 g/mol. The largest absolute Gasteiger partial charge is 0.469 e. The number of nitrogens with zero attached hydrogens (tertiary/aromatic N) is 2. The number of esters is 1. The molecule has 1 heterocycles. The van der Waals surface area contributed by atoms with Gasteiger partial charge in [0.15, 0.2) is 5.96 Å². The first-order chi connectivity index (χ1) is 11.0. The topological polar surface area (TPSA) is 83.0 Å². The van der Waals surface area contributed by atoms with Crippen LogP contribution >= 0.6 is 24.0 Å². The lowest BCUT2D eigenvalue weighted by atomic mass is 9.93. The van der Waals surface area contributed by atoms with Gasteiger partial charge < -0.3 is 20.3 Å². The van der Waals surface area contributed by atoms with Crippen molar-refractivity contribution < 1.29 is 14.3 Å². The van der Waals surface area contributed by atoms with Crippen LogP contribution < -0.4 is 10.6 Å². The summed E-state index contributed by atoms with van der Waals surface area (Å²) in [7, 11) is 3.07. The molecule has 1 amide bonds. The summed E-state index contributed by atoms with van der Waals surface area (Å²) in [5.74, 6) is 0.883. The summed E-state index contributed by atoms with van der Waals surface area (Å²) in [6, 6.07) is 0. The number of likely N-dealkylation sites (tertiary alicyclic amines) is 1. The maximum Gasteiger partial charge on any atom is 0.310 e. The molecule has 1 aliphatic heterocycles. The van der Waals surface area contributed by atoms with Crippen LogP contribution in [0.15, 0.2) is 4.99 Å². The van der Waals surface area contributed by atoms with E-state index in [1.54, 1.807) is 7.05 Å². The van der Waals surface area contributed by atoms with Crippen LogP contribution in [0, 0.1) is 11.8 Å². The standard InChI is InChI=1S/C16H30N4O3.HI/c1-5-18-16(19-11-12(2)15(22)23-4)20-8-6-13(7-9-20)10-14(21)17-3;/h12-13H,5-11H2,1-4H3,(H,17,21)(H,18,19);1H. The Morgan fingerprint density at radius 3 is 2.46 bits per heavy atom. The van der Waals surface area contributed by atoms with E-state index in [2.05, 4.69) is 20.5 Å². The van der Waals surface area contributed by atoms with Crippen LogP contribution in [0.3, 0.4) is 0 Å². The van der Waals surface area contributed by atoms with Gasteiger partial charge >= 0.3 is 5.97 Å². The SMILES string of the molecule is CCNC(=NCC(C)C(=O)OC)N1CCC(CC(=O)NC)CC1.I. The van der Waals surface area contributed by atoms with Crippen LogP contribution in [-0.4, -0.2) is 63.1 Å². The second-order valence-electron chi connectivity index (χ2n) is 5.93. The number of halogens is 1. The van der Waals surface area contributed by atoms with E-state index in [1.807, 2.05) is 13.8 Å². The highest BCUT2D eigenvalue weighted by Crippen LogP contribution is 2.20. The van der Waals surface area contributed by atoms with E-state index < -0.39 is 0 Å². The lowest BCUT2D eigenvalue weighted by Crippen LogP contribution is -2.46. The van der Waals surface area contributed by atoms with Crippen LogP contribution in [0.1, 0.15) is 33.1 Å². The third-order valence-electron chi connectivity index (χ3n) is 4.12. The quantitative estimate of drug-likeness (QED) is 0.273. The molecule has 8 heteroatoms. The second kappa shape index (κ2) is 12.3. The lowest BCUT2D eigenvalue weighted by Gasteiger charge is -2.34. The fourth-order valence-electron chi connectivity index (χ4n) is 2.64. The van der Waals surface area contributed by atoms with E-state index in [1.165, 1.54) is 7.11 Å². The van der Waals surface area contributed by atoms with E-state index in [4.69, 9.17) is 4.74 Å². The maximum absolute atomic E-state index is 11.5. The predicted molar refractivity (Wildman–Crippen MR) is 106 cm³/mol. The fraction of sp³-hybridized carbons (Fsp3) is 0.812. The zero-order valence-corrected chi connectivity index (χ0v) is 17.5. The Hall–Kier alpha value is -1.06. The van der Waals surface area contributed by atoms with E-state index in [0.29, 0.717) is 18.9 Å². The molecule has 0 aromatic carbocycles. The van der Waals surface area contributed by atoms with Gasteiger partial charge in [0.25, 0.3) is 0 Å². The van der Waals surface area contributed by atoms with Crippen molar-refractivity contribution >= 4 is 41.8 Å². The highest BCUT2D eigenvalue weighted by Gasteiger charge is 2.23. The number of aliphatic imine (C=N–C) groups is 1. The molecule has 1 unspecified atom stereocenters. The molecule has 1 fully saturated rings. The van der Waals surface area contributed by atoms with Gasteiger partial charge in [-0.15, -0.1) is 24.0 Å². The van der Waals surface area contributed by atoms with Gasteiger partial charge in [0.1, 0.15) is 0 Å². The van der Waals surface area contributed by atoms with Crippen molar-refractivity contribution in [1.82, 2.24) is 15.5 Å². The highest BCUT2D eigenvalue weighted by atomic mass is 127. The predicted octanol–water partition coefficient (Wildman–Crippen LogP) is 1.23. The molecule has 140 valence electrons. The average Bonchev–Trinajstić information content (AvgIpc) is 2.58. The number of hydrogen-bond acceptors (Lipinski definition) is 4. The van der Waals surface area contributed by atoms with Gasteiger partial charge in [-0.2, -0.15) is 0 Å². The summed E-state index contributed by atoms with van der Waals surface area (Å²) in [5.41, 5.74) is 0. The number of carbonyl (C=O) groups is 2. The van der Waals surface area contributed by atoms with Crippen LogP contribution in [-0.2, 0) is 14.3 Å². The Morgan fingerprint density at radius 1 is 1.33 bits per heavy atom. The number of ether oxygens (including phenoxy) is 1. The molecule has 0 aliphatic carbocycles. The van der Waals surface area contributed by atoms with E-state index in [-0.39, 0.29) is 41.8 Å². The number of hydrogen-bond donors (Lipinski definition) is 2. The normalized spacial score (nSPS) is 16.8. The number of rotatable bonds is 6. The minimum atomic E-state index is -0.251. The molecule has 0 radical (unpaired) electrons. The molecule has 2 N–H and O–H groups in total. The third kappa shape index (κ3) is 7.67. The first kappa shape index (κ1) is 22.9. The summed E-state index contributed by atoms with van der Waals surface area (Å²) in [6.45, 7) is 6.78. The molecule has 1 atom stereocenters. The van der Waals surface area contributed by atoms with Gasteiger partial charge in [-0.25, -0.2) is 0 Å². The zero-order valence-electron chi connectivity index (χ0n) is 15.1. The van der Waals surface area contributed by atoms with Crippen molar-refractivity contribution in [2.75, 3.05) is 40.3 Å². The molecule has 0 spiro atoms. The highest BCUT2D eigenvalue weighted by molar-refractivity contribution is 14.0. The first-order valence-corrected chi connectivity index (χ1v) is 8.33. The summed E-state index contributed by atoms with van der Waals surface area (Å²) >= 11 is 0. The van der Waals surface area contributed by atoms with Crippen LogP contribution in [0.25, 0.3) is 0 Å². The molecular formula is C16H31IN4O3. The molecule has 24 heavy (non-hydrogen) atoms. The molecule has 0 bridgehead atoms. The Balaban J connectivity index is 0.00000529. The number of guanidine groups is 1. The molecular weight excluding hydrogens is 423 g/mol. The van der Waals surface area contributed by atoms with Crippen LogP contribution in [0.2, 0.25) is 0 Å². The van der Waals surface area contributed by atoms with E-state index in [0.717, 1.165) is 38.4 Å². The fourth-order valence-corrected chi connectivity index (χ4v) is 2.64. The van der Waals surface area contributed by atoms with Crippen LogP contribution in [0.4, 0.5) is 0 Å². The molecule has 0 aromatic heterocycles. The molecule has 0 aromatic rings. The Kier molecular flexibility index (Phi) is 11.8. The van der Waals surface area contributed by atoms with Gasteiger partial charge in [-0.3, -0.25) is 14.6 Å². The van der Waals surface area contributed by atoms with Crippen molar-refractivity contribution in [2.45, 2.75) is 33.1 Å². The summed E-state index contributed by atoms with van der Waals surface area (Å²) in [4.78, 5) is 29.7. The minimum absolute atomic E-state index is 0. The summed E-state index contributed by atoms with van der Waals surface area (Å²) in [6.07, 6.45) is 2.55.